The van der Waals surface area contributed by atoms with E-state index >= 15 is 0 Å². The van der Waals surface area contributed by atoms with Gasteiger partial charge in [-0.15, -0.1) is 0 Å². The summed E-state index contributed by atoms with van der Waals surface area (Å²) in [6.45, 7) is 6.59. The molecule has 0 radical (unpaired) electrons. The summed E-state index contributed by atoms with van der Waals surface area (Å²) in [5.41, 5.74) is 0.780. The van der Waals surface area contributed by atoms with E-state index in [1.807, 2.05) is 69.1 Å². The molecular formula is C21H24N2O3. The Morgan fingerprint density at radius 3 is 2.62 bits per heavy atom. The highest BCUT2D eigenvalue weighted by molar-refractivity contribution is 6.07. The summed E-state index contributed by atoms with van der Waals surface area (Å²) >= 11 is 0. The van der Waals surface area contributed by atoms with Crippen molar-refractivity contribution in [2.24, 2.45) is 0 Å². The fourth-order valence-corrected chi connectivity index (χ4v) is 3.19. The van der Waals surface area contributed by atoms with Crippen molar-refractivity contribution < 1.29 is 9.21 Å². The number of benzene rings is 2. The Labute approximate surface area is 152 Å². The van der Waals surface area contributed by atoms with Crippen molar-refractivity contribution in [2.75, 3.05) is 13.6 Å². The van der Waals surface area contributed by atoms with E-state index in [4.69, 9.17) is 4.42 Å². The van der Waals surface area contributed by atoms with Gasteiger partial charge in [0.25, 0.3) is 0 Å². The third-order valence-electron chi connectivity index (χ3n) is 4.08. The number of likely N-dealkylation sites (N-methyl/N-ethyl adjacent to an activating group) is 1. The molecule has 1 heterocycles. The van der Waals surface area contributed by atoms with Crippen molar-refractivity contribution in [3.8, 4) is 0 Å². The van der Waals surface area contributed by atoms with Gasteiger partial charge in [-0.05, 0) is 50.2 Å². The van der Waals surface area contributed by atoms with Gasteiger partial charge in [0.1, 0.15) is 5.58 Å². The quantitative estimate of drug-likeness (QED) is 0.578. The predicted octanol–water partition coefficient (Wildman–Crippen LogP) is 3.29. The first-order chi connectivity index (χ1) is 12.2. The minimum atomic E-state index is -0.379. The molecule has 5 heteroatoms. The van der Waals surface area contributed by atoms with Crippen LogP contribution in [0.1, 0.15) is 26.3 Å². The van der Waals surface area contributed by atoms with Crippen LogP contribution in [-0.2, 0) is 11.3 Å². The highest BCUT2D eigenvalue weighted by Crippen LogP contribution is 2.27. The molecule has 2 aromatic carbocycles. The summed E-state index contributed by atoms with van der Waals surface area (Å²) in [5.74, 6) is -0.0443. The normalized spacial score (nSPS) is 12.0. The van der Waals surface area contributed by atoms with Gasteiger partial charge < -0.3 is 9.73 Å². The topological polar surface area (TPSA) is 62.6 Å². The van der Waals surface area contributed by atoms with Gasteiger partial charge in [0.15, 0.2) is 0 Å². The summed E-state index contributed by atoms with van der Waals surface area (Å²) < 4.78 is 5.39. The van der Waals surface area contributed by atoms with Gasteiger partial charge in [0.2, 0.25) is 5.91 Å². The number of carbonyl (C=O) groups is 1. The molecule has 0 saturated carbocycles. The largest absolute Gasteiger partial charge is 0.423 e. The maximum absolute atomic E-state index is 12.2. The molecule has 3 aromatic rings. The van der Waals surface area contributed by atoms with Crippen LogP contribution < -0.4 is 10.9 Å². The van der Waals surface area contributed by atoms with Crippen molar-refractivity contribution in [3.05, 3.63) is 58.4 Å². The van der Waals surface area contributed by atoms with Gasteiger partial charge in [0.05, 0.1) is 6.54 Å². The molecule has 5 nitrogen and oxygen atoms in total. The molecule has 0 unspecified atom stereocenters. The lowest BCUT2D eigenvalue weighted by Crippen LogP contribution is -2.45. The van der Waals surface area contributed by atoms with E-state index in [2.05, 4.69) is 5.32 Å². The molecule has 0 spiro atoms. The summed E-state index contributed by atoms with van der Waals surface area (Å²) in [4.78, 5) is 26.0. The van der Waals surface area contributed by atoms with Crippen LogP contribution in [0.5, 0.6) is 0 Å². The fraction of sp³-hybridized carbons (Fsp3) is 0.333. The van der Waals surface area contributed by atoms with Gasteiger partial charge in [-0.1, -0.05) is 30.3 Å². The standard InChI is InChI=1S/C21H24N2O3/c1-21(2,3)22-18(24)13-23(4)12-15-11-19(25)26-17-10-9-14-7-5-6-8-16(14)20(15)17/h5-11H,12-13H2,1-4H3,(H,22,24). The van der Waals surface area contributed by atoms with Crippen LogP contribution in [0.3, 0.4) is 0 Å². The molecule has 3 rings (SSSR count). The lowest BCUT2D eigenvalue weighted by Gasteiger charge is -2.23. The molecule has 26 heavy (non-hydrogen) atoms. The van der Waals surface area contributed by atoms with E-state index in [1.54, 1.807) is 0 Å². The molecule has 0 aliphatic rings. The van der Waals surface area contributed by atoms with Crippen molar-refractivity contribution >= 4 is 27.6 Å². The summed E-state index contributed by atoms with van der Waals surface area (Å²) in [7, 11) is 1.87. The maximum Gasteiger partial charge on any atom is 0.336 e. The Bertz CT molecular complexity index is 1020. The predicted molar refractivity (Wildman–Crippen MR) is 104 cm³/mol. The molecule has 0 aliphatic heterocycles. The molecule has 0 bridgehead atoms. The third-order valence-corrected chi connectivity index (χ3v) is 4.08. The number of nitrogens with one attached hydrogen (secondary N) is 1. The van der Waals surface area contributed by atoms with Gasteiger partial charge >= 0.3 is 5.63 Å². The number of hydrogen-bond donors (Lipinski definition) is 1. The van der Waals surface area contributed by atoms with Crippen molar-refractivity contribution in [1.82, 2.24) is 10.2 Å². The second-order valence-corrected chi connectivity index (χ2v) is 7.72. The minimum absolute atomic E-state index is 0.0443. The number of carbonyl (C=O) groups excluding carboxylic acids is 1. The van der Waals surface area contributed by atoms with Crippen LogP contribution in [0.15, 0.2) is 51.7 Å². The first-order valence-corrected chi connectivity index (χ1v) is 8.67. The van der Waals surface area contributed by atoms with Crippen molar-refractivity contribution in [1.29, 1.82) is 0 Å². The number of nitrogens with zero attached hydrogens (tertiary/aromatic N) is 1. The molecule has 1 amide bonds. The van der Waals surface area contributed by atoms with E-state index in [9.17, 15) is 9.59 Å². The van der Waals surface area contributed by atoms with Gasteiger partial charge in [-0.25, -0.2) is 4.79 Å². The highest BCUT2D eigenvalue weighted by Gasteiger charge is 2.17. The second kappa shape index (κ2) is 6.92. The molecule has 1 N–H and O–H groups in total. The maximum atomic E-state index is 12.2. The van der Waals surface area contributed by atoms with Crippen LogP contribution in [0.2, 0.25) is 0 Å². The smallest absolute Gasteiger partial charge is 0.336 e. The molecular weight excluding hydrogens is 328 g/mol. The van der Waals surface area contributed by atoms with Crippen molar-refractivity contribution in [3.63, 3.8) is 0 Å². The summed E-state index contributed by atoms with van der Waals surface area (Å²) in [6.07, 6.45) is 0. The molecule has 0 fully saturated rings. The summed E-state index contributed by atoms with van der Waals surface area (Å²) in [5, 5.41) is 6.00. The number of hydrogen-bond acceptors (Lipinski definition) is 4. The summed E-state index contributed by atoms with van der Waals surface area (Å²) in [6, 6.07) is 13.3. The lowest BCUT2D eigenvalue weighted by molar-refractivity contribution is -0.123. The number of fused-ring (bicyclic) bond motifs is 3. The third kappa shape index (κ3) is 4.11. The van der Waals surface area contributed by atoms with E-state index in [1.165, 1.54) is 6.07 Å². The Hall–Kier alpha value is -2.66. The second-order valence-electron chi connectivity index (χ2n) is 7.72. The van der Waals surface area contributed by atoms with Gasteiger partial charge in [0, 0.05) is 23.5 Å². The average molecular weight is 352 g/mol. The Morgan fingerprint density at radius 2 is 1.88 bits per heavy atom. The van der Waals surface area contributed by atoms with Gasteiger partial charge in [-0.3, -0.25) is 9.69 Å². The first kappa shape index (κ1) is 18.1. The zero-order chi connectivity index (χ0) is 18.9. The molecule has 136 valence electrons. The Morgan fingerprint density at radius 1 is 1.15 bits per heavy atom. The lowest BCUT2D eigenvalue weighted by atomic mass is 10.0. The minimum Gasteiger partial charge on any atom is -0.423 e. The first-order valence-electron chi connectivity index (χ1n) is 8.67. The molecule has 0 atom stereocenters. The molecule has 0 saturated heterocycles. The van der Waals surface area contributed by atoms with Crippen LogP contribution in [-0.4, -0.2) is 29.9 Å². The highest BCUT2D eigenvalue weighted by atomic mass is 16.4. The number of rotatable bonds is 4. The Balaban J connectivity index is 1.95. The average Bonchev–Trinajstić information content (AvgIpc) is 2.52. The van der Waals surface area contributed by atoms with E-state index < -0.39 is 0 Å². The van der Waals surface area contributed by atoms with Crippen LogP contribution in [0, 0.1) is 0 Å². The number of amides is 1. The van der Waals surface area contributed by atoms with Crippen LogP contribution >= 0.6 is 0 Å². The van der Waals surface area contributed by atoms with Crippen molar-refractivity contribution in [2.45, 2.75) is 32.9 Å². The van der Waals surface area contributed by atoms with Crippen LogP contribution in [0.4, 0.5) is 0 Å². The SMILES string of the molecule is CN(CC(=O)NC(C)(C)C)Cc1cc(=O)oc2ccc3ccccc3c12. The fourth-order valence-electron chi connectivity index (χ4n) is 3.19. The zero-order valence-corrected chi connectivity index (χ0v) is 15.6. The zero-order valence-electron chi connectivity index (χ0n) is 15.6. The van der Waals surface area contributed by atoms with Crippen LogP contribution in [0.25, 0.3) is 21.7 Å². The van der Waals surface area contributed by atoms with E-state index in [-0.39, 0.29) is 23.6 Å². The molecule has 0 aliphatic carbocycles. The Kier molecular flexibility index (Phi) is 4.83. The monoisotopic (exact) mass is 352 g/mol. The van der Waals surface area contributed by atoms with E-state index in [0.29, 0.717) is 12.1 Å². The van der Waals surface area contributed by atoms with Gasteiger partial charge in [-0.2, -0.15) is 0 Å². The molecule has 1 aromatic heterocycles. The van der Waals surface area contributed by atoms with E-state index in [0.717, 1.165) is 21.7 Å².